The Kier molecular flexibility index (Phi) is 6.04. The van der Waals surface area contributed by atoms with Crippen molar-refractivity contribution in [3.8, 4) is 10.6 Å². The van der Waals surface area contributed by atoms with Crippen LogP contribution in [0.2, 0.25) is 0 Å². The second-order valence-corrected chi connectivity index (χ2v) is 7.93. The van der Waals surface area contributed by atoms with Crippen LogP contribution < -0.4 is 4.90 Å². The van der Waals surface area contributed by atoms with Crippen LogP contribution in [-0.2, 0) is 19.4 Å². The van der Waals surface area contributed by atoms with Crippen LogP contribution in [0.4, 0.5) is 5.95 Å². The van der Waals surface area contributed by atoms with Gasteiger partial charge in [0.1, 0.15) is 5.01 Å². The fraction of sp³-hybridized carbons (Fsp3) is 0.238. The van der Waals surface area contributed by atoms with Gasteiger partial charge in [0.05, 0.1) is 5.69 Å². The molecule has 0 spiro atoms. The Morgan fingerprint density at radius 3 is 2.71 bits per heavy atom. The van der Waals surface area contributed by atoms with E-state index in [4.69, 9.17) is 0 Å². The molecule has 0 saturated carbocycles. The Hall–Kier alpha value is -2.64. The predicted molar refractivity (Wildman–Crippen MR) is 115 cm³/mol. The van der Waals surface area contributed by atoms with Gasteiger partial charge in [-0.1, -0.05) is 25.1 Å². The maximum Gasteiger partial charge on any atom is 0.225 e. The summed E-state index contributed by atoms with van der Waals surface area (Å²) < 4.78 is 0. The Bertz CT molecular complexity index is 982. The lowest BCUT2D eigenvalue weighted by Gasteiger charge is -2.22. The van der Waals surface area contributed by atoms with Crippen LogP contribution in [0.15, 0.2) is 53.6 Å². The molecule has 0 aliphatic heterocycles. The van der Waals surface area contributed by atoms with Gasteiger partial charge in [-0.15, -0.1) is 22.7 Å². The molecule has 1 radical (unpaired) electrons. The van der Waals surface area contributed by atoms with Gasteiger partial charge >= 0.3 is 0 Å². The molecule has 7 heteroatoms. The molecule has 4 aromatic rings. The molecule has 0 aliphatic carbocycles. The lowest BCUT2D eigenvalue weighted by molar-refractivity contribution is 0.742. The number of thiazole rings is 2. The minimum absolute atomic E-state index is 0.735. The Morgan fingerprint density at radius 1 is 1.11 bits per heavy atom. The molecule has 28 heavy (non-hydrogen) atoms. The Labute approximate surface area is 172 Å². The maximum atomic E-state index is 4.60. The monoisotopic (exact) mass is 406 g/mol. The molecule has 0 fully saturated rings. The number of anilines is 1. The van der Waals surface area contributed by atoms with E-state index in [0.29, 0.717) is 0 Å². The lowest BCUT2D eigenvalue weighted by Crippen LogP contribution is -2.27. The zero-order valence-corrected chi connectivity index (χ0v) is 17.2. The second kappa shape index (κ2) is 9.03. The van der Waals surface area contributed by atoms with Gasteiger partial charge in [0.2, 0.25) is 5.95 Å². The van der Waals surface area contributed by atoms with Crippen molar-refractivity contribution in [2.75, 3.05) is 11.4 Å². The number of hydrogen-bond acceptors (Lipinski definition) is 7. The van der Waals surface area contributed by atoms with E-state index in [1.807, 2.05) is 29.4 Å². The first-order valence-corrected chi connectivity index (χ1v) is 10.9. The van der Waals surface area contributed by atoms with E-state index in [1.165, 1.54) is 16.9 Å². The maximum absolute atomic E-state index is 4.60. The fourth-order valence-electron chi connectivity index (χ4n) is 2.90. The van der Waals surface area contributed by atoms with Crippen LogP contribution in [0.3, 0.4) is 0 Å². The Morgan fingerprint density at radius 2 is 2.00 bits per heavy atom. The summed E-state index contributed by atoms with van der Waals surface area (Å²) >= 11 is 3.16. The van der Waals surface area contributed by atoms with Crippen LogP contribution in [0.5, 0.6) is 0 Å². The smallest absolute Gasteiger partial charge is 0.225 e. The van der Waals surface area contributed by atoms with Gasteiger partial charge in [0, 0.05) is 54.4 Å². The summed E-state index contributed by atoms with van der Waals surface area (Å²) in [6.45, 7) is 3.64. The molecule has 5 nitrogen and oxygen atoms in total. The zero-order valence-electron chi connectivity index (χ0n) is 15.6. The van der Waals surface area contributed by atoms with Gasteiger partial charge in [-0.3, -0.25) is 0 Å². The minimum atomic E-state index is 0.735. The summed E-state index contributed by atoms with van der Waals surface area (Å²) in [5.41, 5.74) is 7.46. The largest absolute Gasteiger partial charge is 0.336 e. The third-order valence-corrected chi connectivity index (χ3v) is 5.85. The van der Waals surface area contributed by atoms with E-state index >= 15 is 0 Å². The molecule has 0 amide bonds. The van der Waals surface area contributed by atoms with Gasteiger partial charge in [-0.25, -0.2) is 19.9 Å². The zero-order chi connectivity index (χ0) is 19.2. The average Bonchev–Trinajstić information content (AvgIpc) is 3.46. The first-order chi connectivity index (χ1) is 13.8. The van der Waals surface area contributed by atoms with E-state index in [9.17, 15) is 0 Å². The van der Waals surface area contributed by atoms with Crippen molar-refractivity contribution in [1.29, 1.82) is 0 Å². The molecule has 141 valence electrons. The number of aryl methyl sites for hydroxylation is 1. The number of benzene rings is 1. The SMILES string of the molecule is CCc1cnc(N(CCc2cs[c]n2)Cc2cccc(-c3nccs3)c2)nc1. The topological polar surface area (TPSA) is 54.8 Å². The molecule has 3 aromatic heterocycles. The van der Waals surface area contributed by atoms with Crippen LogP contribution in [0.25, 0.3) is 10.6 Å². The number of aromatic nitrogens is 4. The standard InChI is InChI=1S/C21H20N5S2/c1-2-16-11-23-21(24-12-16)26(8-6-19-14-27-15-25-19)13-17-4-3-5-18(10-17)20-22-7-9-28-20/h3-5,7,9-12,14H,2,6,8,13H2,1H3. The quantitative estimate of drug-likeness (QED) is 0.426. The van der Waals surface area contributed by atoms with Gasteiger partial charge in [-0.05, 0) is 23.6 Å². The molecule has 3 heterocycles. The number of hydrogen-bond donors (Lipinski definition) is 0. The van der Waals surface area contributed by atoms with E-state index in [2.05, 4.69) is 61.5 Å². The fourth-order valence-corrected chi connectivity index (χ4v) is 4.07. The Balaban J connectivity index is 1.56. The minimum Gasteiger partial charge on any atom is -0.336 e. The van der Waals surface area contributed by atoms with Crippen molar-refractivity contribution in [1.82, 2.24) is 19.9 Å². The summed E-state index contributed by atoms with van der Waals surface area (Å²) in [4.78, 5) is 20.1. The number of nitrogens with zero attached hydrogens (tertiary/aromatic N) is 5. The van der Waals surface area contributed by atoms with E-state index < -0.39 is 0 Å². The van der Waals surface area contributed by atoms with Crippen molar-refractivity contribution in [3.63, 3.8) is 0 Å². The first-order valence-electron chi connectivity index (χ1n) is 9.17. The highest BCUT2D eigenvalue weighted by Gasteiger charge is 2.12. The van der Waals surface area contributed by atoms with Gasteiger partial charge in [0.25, 0.3) is 0 Å². The van der Waals surface area contributed by atoms with E-state index in [0.717, 1.165) is 53.7 Å². The third-order valence-electron chi connectivity index (χ3n) is 4.44. The van der Waals surface area contributed by atoms with Gasteiger partial charge < -0.3 is 4.90 Å². The second-order valence-electron chi connectivity index (χ2n) is 6.38. The van der Waals surface area contributed by atoms with Crippen molar-refractivity contribution in [2.24, 2.45) is 0 Å². The third kappa shape index (κ3) is 4.61. The van der Waals surface area contributed by atoms with Crippen molar-refractivity contribution in [2.45, 2.75) is 26.3 Å². The highest BCUT2D eigenvalue weighted by molar-refractivity contribution is 7.13. The molecule has 0 atom stereocenters. The van der Waals surface area contributed by atoms with E-state index in [1.54, 1.807) is 11.3 Å². The normalized spacial score (nSPS) is 10.9. The van der Waals surface area contributed by atoms with Crippen LogP contribution in [-0.4, -0.2) is 26.5 Å². The van der Waals surface area contributed by atoms with Gasteiger partial charge in [0.15, 0.2) is 5.51 Å². The molecular weight excluding hydrogens is 386 g/mol. The highest BCUT2D eigenvalue weighted by atomic mass is 32.1. The molecule has 1 aromatic carbocycles. The molecule has 4 rings (SSSR count). The average molecular weight is 407 g/mol. The molecule has 0 bridgehead atoms. The van der Waals surface area contributed by atoms with Crippen molar-refractivity contribution >= 4 is 28.6 Å². The van der Waals surface area contributed by atoms with Crippen LogP contribution >= 0.6 is 22.7 Å². The summed E-state index contributed by atoms with van der Waals surface area (Å²) in [7, 11) is 0. The molecule has 0 saturated heterocycles. The molecule has 0 N–H and O–H groups in total. The first kappa shape index (κ1) is 18.7. The summed E-state index contributed by atoms with van der Waals surface area (Å²) in [5.74, 6) is 0.746. The molecule has 0 aliphatic rings. The summed E-state index contributed by atoms with van der Waals surface area (Å²) in [6, 6.07) is 8.52. The summed E-state index contributed by atoms with van der Waals surface area (Å²) in [5, 5.41) is 5.08. The van der Waals surface area contributed by atoms with Crippen molar-refractivity contribution in [3.05, 3.63) is 75.9 Å². The van der Waals surface area contributed by atoms with E-state index in [-0.39, 0.29) is 0 Å². The van der Waals surface area contributed by atoms with Crippen molar-refractivity contribution < 1.29 is 0 Å². The highest BCUT2D eigenvalue weighted by Crippen LogP contribution is 2.23. The van der Waals surface area contributed by atoms with Crippen LogP contribution in [0, 0.1) is 5.51 Å². The lowest BCUT2D eigenvalue weighted by atomic mass is 10.1. The molecular formula is C21H20N5S2. The summed E-state index contributed by atoms with van der Waals surface area (Å²) in [6.07, 6.45) is 7.44. The van der Waals surface area contributed by atoms with Crippen LogP contribution in [0.1, 0.15) is 23.7 Å². The van der Waals surface area contributed by atoms with Gasteiger partial charge in [-0.2, -0.15) is 0 Å². The number of rotatable bonds is 8. The molecule has 0 unspecified atom stereocenters. The predicted octanol–water partition coefficient (Wildman–Crippen LogP) is 4.67.